The quantitative estimate of drug-likeness (QED) is 0.0388. The van der Waals surface area contributed by atoms with Gasteiger partial charge in [-0.25, -0.2) is 0 Å². The van der Waals surface area contributed by atoms with E-state index in [-0.39, 0.29) is 56.4 Å². The molecule has 4 aromatic heterocycles. The summed E-state index contributed by atoms with van der Waals surface area (Å²) in [4.78, 5) is 77.0. The van der Waals surface area contributed by atoms with Gasteiger partial charge in [-0.05, 0) is 62.4 Å². The highest BCUT2D eigenvalue weighted by Gasteiger charge is 2.17. The maximum Gasteiger partial charge on any atom is 0.320 e. The molecule has 0 spiro atoms. The number of rotatable bonds is 34. The predicted octanol–water partition coefficient (Wildman–Crippen LogP) is 1.50. The van der Waals surface area contributed by atoms with E-state index < -0.39 is 0 Å². The standard InChI is InChI=1S/C47H68N12O6/c1-3-64-46(62)34-49-22-27-56(26-17-44(60)54-24-29-58(35-40-13-5-9-18-50-40)36-41-14-6-10-19-51-41)31-32-57(39-47(63)65-4-2)28-23-48-33-45(61)55-25-30-59(37-42-15-7-11-20-52-42)38-43-16-8-12-21-53-43/h5-16,18-21,48-49H,3-4,17,22-39H2,1-2H3,(H,54,60)(H,55,61). The van der Waals surface area contributed by atoms with Crippen molar-refractivity contribution < 1.29 is 28.7 Å². The fourth-order valence-electron chi connectivity index (χ4n) is 6.78. The summed E-state index contributed by atoms with van der Waals surface area (Å²) < 4.78 is 10.3. The smallest absolute Gasteiger partial charge is 0.320 e. The summed E-state index contributed by atoms with van der Waals surface area (Å²) in [5.74, 6) is -0.881. The second-order valence-corrected chi connectivity index (χ2v) is 15.2. The normalized spacial score (nSPS) is 11.3. The molecule has 4 aromatic rings. The molecule has 0 radical (unpaired) electrons. The van der Waals surface area contributed by atoms with Crippen LogP contribution in [0.1, 0.15) is 43.0 Å². The Morgan fingerprint density at radius 3 is 1.34 bits per heavy atom. The summed E-state index contributed by atoms with van der Waals surface area (Å²) in [6.45, 7) is 12.5. The van der Waals surface area contributed by atoms with Crippen molar-refractivity contribution in [2.75, 3.05) is 105 Å². The van der Waals surface area contributed by atoms with Crippen LogP contribution >= 0.6 is 0 Å². The highest BCUT2D eigenvalue weighted by atomic mass is 16.5. The maximum absolute atomic E-state index is 13.2. The highest BCUT2D eigenvalue weighted by molar-refractivity contribution is 5.78. The van der Waals surface area contributed by atoms with Crippen molar-refractivity contribution >= 4 is 23.8 Å². The van der Waals surface area contributed by atoms with Gasteiger partial charge in [0, 0.05) is 129 Å². The number of pyridine rings is 4. The molecule has 18 heteroatoms. The van der Waals surface area contributed by atoms with Crippen molar-refractivity contribution in [2.45, 2.75) is 46.4 Å². The topological polar surface area (TPSA) is 199 Å². The molecule has 0 saturated carbocycles. The summed E-state index contributed by atoms with van der Waals surface area (Å²) in [7, 11) is 0. The van der Waals surface area contributed by atoms with Gasteiger partial charge in [0.2, 0.25) is 11.8 Å². The Hall–Kier alpha value is -5.76. The van der Waals surface area contributed by atoms with Crippen LogP contribution in [0.2, 0.25) is 0 Å². The molecule has 0 aliphatic heterocycles. The van der Waals surface area contributed by atoms with Crippen LogP contribution in [0.4, 0.5) is 0 Å². The molecule has 0 aromatic carbocycles. The molecule has 4 N–H and O–H groups in total. The first-order valence-electron chi connectivity index (χ1n) is 22.5. The van der Waals surface area contributed by atoms with E-state index in [0.29, 0.717) is 105 Å². The third kappa shape index (κ3) is 23.7. The van der Waals surface area contributed by atoms with Crippen LogP contribution in [-0.2, 0) is 54.8 Å². The molecule has 65 heavy (non-hydrogen) atoms. The predicted molar refractivity (Wildman–Crippen MR) is 248 cm³/mol. The molecule has 2 amide bonds. The Bertz CT molecular complexity index is 1820. The molecule has 0 atom stereocenters. The summed E-state index contributed by atoms with van der Waals surface area (Å²) in [5, 5.41) is 12.4. The zero-order chi connectivity index (χ0) is 46.2. The summed E-state index contributed by atoms with van der Waals surface area (Å²) >= 11 is 0. The minimum atomic E-state index is -0.339. The molecule has 0 aliphatic carbocycles. The van der Waals surface area contributed by atoms with Crippen LogP contribution in [0.25, 0.3) is 0 Å². The molecule has 0 unspecified atom stereocenters. The van der Waals surface area contributed by atoms with Gasteiger partial charge in [-0.2, -0.15) is 0 Å². The minimum Gasteiger partial charge on any atom is -0.465 e. The van der Waals surface area contributed by atoms with Crippen molar-refractivity contribution in [1.82, 2.24) is 60.8 Å². The zero-order valence-corrected chi connectivity index (χ0v) is 38.1. The van der Waals surface area contributed by atoms with Crippen LogP contribution in [0, 0.1) is 0 Å². The molecule has 0 aliphatic rings. The summed E-state index contributed by atoms with van der Waals surface area (Å²) in [6.07, 6.45) is 7.36. The first kappa shape index (κ1) is 51.9. The largest absolute Gasteiger partial charge is 0.465 e. The average Bonchev–Trinajstić information content (AvgIpc) is 3.31. The fraction of sp³-hybridized carbons (Fsp3) is 0.489. The second kappa shape index (κ2) is 32.0. The molecule has 0 fully saturated rings. The van der Waals surface area contributed by atoms with Crippen LogP contribution in [-0.4, -0.2) is 168 Å². The van der Waals surface area contributed by atoms with E-state index in [1.165, 1.54) is 0 Å². The van der Waals surface area contributed by atoms with Crippen molar-refractivity contribution in [3.8, 4) is 0 Å². The molecular weight excluding hydrogens is 829 g/mol. The molecule has 352 valence electrons. The number of carbonyl (C=O) groups is 4. The summed E-state index contributed by atoms with van der Waals surface area (Å²) in [6, 6.07) is 23.3. The van der Waals surface area contributed by atoms with Gasteiger partial charge in [-0.15, -0.1) is 0 Å². The van der Waals surface area contributed by atoms with E-state index >= 15 is 0 Å². The SMILES string of the molecule is CCOC(=O)CNCCN(CCC(=O)NCCN(Cc1ccccn1)Cc1ccccn1)CCN(CCNCC(=O)NCCN(Cc1ccccn1)Cc1ccccn1)CC(=O)OCC. The molecule has 4 rings (SSSR count). The van der Waals surface area contributed by atoms with E-state index in [2.05, 4.69) is 55.9 Å². The second-order valence-electron chi connectivity index (χ2n) is 15.2. The van der Waals surface area contributed by atoms with Crippen LogP contribution in [0.15, 0.2) is 97.6 Å². The van der Waals surface area contributed by atoms with Gasteiger partial charge in [-0.1, -0.05) is 24.3 Å². The van der Waals surface area contributed by atoms with Crippen LogP contribution < -0.4 is 21.3 Å². The number of nitrogens with one attached hydrogen (secondary N) is 4. The number of hydrogen-bond donors (Lipinski definition) is 4. The van der Waals surface area contributed by atoms with Gasteiger partial charge >= 0.3 is 11.9 Å². The number of hydrogen-bond acceptors (Lipinski definition) is 16. The van der Waals surface area contributed by atoms with E-state index in [9.17, 15) is 19.2 Å². The Balaban J connectivity index is 1.25. The lowest BCUT2D eigenvalue weighted by molar-refractivity contribution is -0.144. The van der Waals surface area contributed by atoms with Crippen molar-refractivity contribution in [1.29, 1.82) is 0 Å². The third-order valence-electron chi connectivity index (χ3n) is 10.1. The van der Waals surface area contributed by atoms with Crippen molar-refractivity contribution in [3.05, 3.63) is 120 Å². The van der Waals surface area contributed by atoms with Crippen LogP contribution in [0.5, 0.6) is 0 Å². The van der Waals surface area contributed by atoms with E-state index in [4.69, 9.17) is 9.47 Å². The van der Waals surface area contributed by atoms with E-state index in [0.717, 1.165) is 22.8 Å². The Labute approximate surface area is 383 Å². The van der Waals surface area contributed by atoms with Gasteiger partial charge in [0.25, 0.3) is 0 Å². The Morgan fingerprint density at radius 2 is 0.877 bits per heavy atom. The van der Waals surface area contributed by atoms with Gasteiger partial charge in [-0.3, -0.25) is 53.8 Å². The van der Waals surface area contributed by atoms with Gasteiger partial charge in [0.05, 0.1) is 55.6 Å². The summed E-state index contributed by atoms with van der Waals surface area (Å²) in [5.41, 5.74) is 3.74. The van der Waals surface area contributed by atoms with Gasteiger partial charge < -0.3 is 35.6 Å². The Morgan fingerprint density at radius 1 is 0.462 bits per heavy atom. The average molecular weight is 897 g/mol. The number of carbonyl (C=O) groups excluding carboxylic acids is 4. The number of ether oxygens (including phenoxy) is 2. The van der Waals surface area contributed by atoms with Gasteiger partial charge in [0.1, 0.15) is 0 Å². The fourth-order valence-corrected chi connectivity index (χ4v) is 6.78. The molecule has 4 heterocycles. The molecule has 18 nitrogen and oxygen atoms in total. The maximum atomic E-state index is 13.2. The number of esters is 2. The monoisotopic (exact) mass is 897 g/mol. The van der Waals surface area contributed by atoms with Crippen molar-refractivity contribution in [2.24, 2.45) is 0 Å². The minimum absolute atomic E-state index is 0.0764. The van der Waals surface area contributed by atoms with E-state index in [1.54, 1.807) is 38.6 Å². The number of amides is 2. The van der Waals surface area contributed by atoms with Crippen molar-refractivity contribution in [3.63, 3.8) is 0 Å². The zero-order valence-electron chi connectivity index (χ0n) is 38.1. The third-order valence-corrected chi connectivity index (χ3v) is 10.1. The van der Waals surface area contributed by atoms with Gasteiger partial charge in [0.15, 0.2) is 0 Å². The highest BCUT2D eigenvalue weighted by Crippen LogP contribution is 2.08. The molecule has 0 saturated heterocycles. The number of nitrogens with zero attached hydrogens (tertiary/aromatic N) is 8. The lowest BCUT2D eigenvalue weighted by atomic mass is 10.2. The van der Waals surface area contributed by atoms with Crippen LogP contribution in [0.3, 0.4) is 0 Å². The molecular formula is C47H68N12O6. The Kier molecular flexibility index (Phi) is 25.5. The van der Waals surface area contributed by atoms with E-state index in [1.807, 2.05) is 77.7 Å². The first-order chi connectivity index (χ1) is 31.8. The lowest BCUT2D eigenvalue weighted by Crippen LogP contribution is -2.45. The number of aromatic nitrogens is 4. The lowest BCUT2D eigenvalue weighted by Gasteiger charge is -2.27. The first-order valence-corrected chi connectivity index (χ1v) is 22.5. The molecule has 0 bridgehead atoms.